The Morgan fingerprint density at radius 3 is 2.43 bits per heavy atom. The number of carbonyl (C=O) groups excluding carboxylic acids is 2. The molecule has 14 heavy (non-hydrogen) atoms. The largest absolute Gasteiger partial charge is 0.460 e. The second kappa shape index (κ2) is 5.01. The Hall–Kier alpha value is -1.84. The van der Waals surface area contributed by atoms with Gasteiger partial charge in [-0.3, -0.25) is 9.59 Å². The zero-order valence-electron chi connectivity index (χ0n) is 7.77. The van der Waals surface area contributed by atoms with Crippen molar-refractivity contribution in [3.8, 4) is 0 Å². The maximum atomic E-state index is 10.1. The zero-order valence-corrected chi connectivity index (χ0v) is 7.77. The van der Waals surface area contributed by atoms with Crippen LogP contribution >= 0.6 is 0 Å². The summed E-state index contributed by atoms with van der Waals surface area (Å²) in [7, 11) is 0. The first-order chi connectivity index (χ1) is 6.77. The molecule has 0 aromatic heterocycles. The number of carbonyl (C=O) groups is 2. The van der Waals surface area contributed by atoms with E-state index in [1.807, 2.05) is 0 Å². The third kappa shape index (κ3) is 2.58. The monoisotopic (exact) mass is 193 g/mol. The third-order valence-corrected chi connectivity index (χ3v) is 1.87. The van der Waals surface area contributed by atoms with Crippen LogP contribution in [0.5, 0.6) is 0 Å². The van der Waals surface area contributed by atoms with Gasteiger partial charge < -0.3 is 10.1 Å². The Morgan fingerprint density at radius 1 is 1.29 bits per heavy atom. The minimum atomic E-state index is -0.266. The molecule has 0 saturated carbocycles. The van der Waals surface area contributed by atoms with Gasteiger partial charge in [0.15, 0.2) is 0 Å². The van der Waals surface area contributed by atoms with Crippen LogP contribution in [0.4, 0.5) is 5.69 Å². The van der Waals surface area contributed by atoms with Crippen LogP contribution in [0.2, 0.25) is 0 Å². The standard InChI is InChI=1S/C10H11NO3/c1-8(14-7-13)9-2-4-10(5-3-9)11-6-12/h2-8H,1H3,(H,11,12). The lowest BCUT2D eigenvalue weighted by molar-refractivity contribution is -0.133. The van der Waals surface area contributed by atoms with Gasteiger partial charge in [0.05, 0.1) is 0 Å². The molecule has 0 aliphatic rings. The number of hydrogen-bond donors (Lipinski definition) is 1. The highest BCUT2D eigenvalue weighted by Crippen LogP contribution is 2.17. The van der Waals surface area contributed by atoms with E-state index in [0.29, 0.717) is 18.6 Å². The lowest BCUT2D eigenvalue weighted by Gasteiger charge is -2.09. The molecule has 0 saturated heterocycles. The number of hydrogen-bond acceptors (Lipinski definition) is 3. The van der Waals surface area contributed by atoms with Crippen molar-refractivity contribution in [3.63, 3.8) is 0 Å². The van der Waals surface area contributed by atoms with Crippen molar-refractivity contribution in [3.05, 3.63) is 29.8 Å². The van der Waals surface area contributed by atoms with Crippen molar-refractivity contribution < 1.29 is 14.3 Å². The van der Waals surface area contributed by atoms with E-state index in [9.17, 15) is 9.59 Å². The molecule has 0 aliphatic carbocycles. The Morgan fingerprint density at radius 2 is 1.93 bits per heavy atom. The predicted molar refractivity (Wildman–Crippen MR) is 51.7 cm³/mol. The van der Waals surface area contributed by atoms with Crippen molar-refractivity contribution in [2.75, 3.05) is 5.32 Å². The molecule has 0 aliphatic heterocycles. The summed E-state index contributed by atoms with van der Waals surface area (Å²) in [5, 5.41) is 2.51. The molecule has 0 radical (unpaired) electrons. The minimum Gasteiger partial charge on any atom is -0.460 e. The van der Waals surface area contributed by atoms with E-state index < -0.39 is 0 Å². The van der Waals surface area contributed by atoms with Gasteiger partial charge in [0, 0.05) is 5.69 Å². The average molecular weight is 193 g/mol. The van der Waals surface area contributed by atoms with Crippen LogP contribution in [0.1, 0.15) is 18.6 Å². The molecule has 0 heterocycles. The van der Waals surface area contributed by atoms with Crippen LogP contribution in [0.15, 0.2) is 24.3 Å². The Balaban J connectivity index is 2.71. The van der Waals surface area contributed by atoms with Crippen LogP contribution in [0.25, 0.3) is 0 Å². The van der Waals surface area contributed by atoms with Gasteiger partial charge >= 0.3 is 0 Å². The Kier molecular flexibility index (Phi) is 3.67. The second-order valence-corrected chi connectivity index (χ2v) is 2.76. The van der Waals surface area contributed by atoms with Crippen LogP contribution in [0.3, 0.4) is 0 Å². The smallest absolute Gasteiger partial charge is 0.293 e. The fourth-order valence-electron chi connectivity index (χ4n) is 1.08. The Labute approximate surface area is 81.9 Å². The molecule has 1 rings (SSSR count). The van der Waals surface area contributed by atoms with Crippen molar-refractivity contribution in [1.82, 2.24) is 0 Å². The topological polar surface area (TPSA) is 55.4 Å². The van der Waals surface area contributed by atoms with Crippen LogP contribution < -0.4 is 5.32 Å². The summed E-state index contributed by atoms with van der Waals surface area (Å²) >= 11 is 0. The summed E-state index contributed by atoms with van der Waals surface area (Å²) in [6.45, 7) is 2.19. The normalized spacial score (nSPS) is 11.5. The summed E-state index contributed by atoms with van der Waals surface area (Å²) in [5.41, 5.74) is 1.59. The number of anilines is 1. The van der Waals surface area contributed by atoms with Crippen LogP contribution in [-0.2, 0) is 14.3 Å². The SMILES string of the molecule is CC(OC=O)c1ccc(NC=O)cc1. The summed E-state index contributed by atoms with van der Waals surface area (Å²) in [6.07, 6.45) is 0.346. The summed E-state index contributed by atoms with van der Waals surface area (Å²) in [6, 6.07) is 7.07. The van der Waals surface area contributed by atoms with Crippen molar-refractivity contribution in [2.24, 2.45) is 0 Å². The maximum absolute atomic E-state index is 10.1. The van der Waals surface area contributed by atoms with Gasteiger partial charge in [0.1, 0.15) is 6.10 Å². The minimum absolute atomic E-state index is 0.266. The lowest BCUT2D eigenvalue weighted by atomic mass is 10.1. The molecule has 1 amide bonds. The maximum Gasteiger partial charge on any atom is 0.293 e. The van der Waals surface area contributed by atoms with E-state index in [2.05, 4.69) is 5.32 Å². The van der Waals surface area contributed by atoms with Crippen LogP contribution in [-0.4, -0.2) is 12.9 Å². The predicted octanol–water partition coefficient (Wildman–Crippen LogP) is 1.49. The first-order valence-corrected chi connectivity index (χ1v) is 4.17. The van der Waals surface area contributed by atoms with Gasteiger partial charge in [-0.2, -0.15) is 0 Å². The summed E-state index contributed by atoms with van der Waals surface area (Å²) in [4.78, 5) is 20.2. The number of rotatable bonds is 5. The molecule has 1 unspecified atom stereocenters. The third-order valence-electron chi connectivity index (χ3n) is 1.87. The van der Waals surface area contributed by atoms with Crippen molar-refractivity contribution in [1.29, 1.82) is 0 Å². The molecular formula is C10H11NO3. The quantitative estimate of drug-likeness (QED) is 0.721. The van der Waals surface area contributed by atoms with E-state index in [4.69, 9.17) is 4.74 Å². The molecule has 4 heteroatoms. The van der Waals surface area contributed by atoms with E-state index in [1.165, 1.54) is 0 Å². The number of amides is 1. The first-order valence-electron chi connectivity index (χ1n) is 4.17. The molecular weight excluding hydrogens is 182 g/mol. The molecule has 4 nitrogen and oxygen atoms in total. The van der Waals surface area contributed by atoms with E-state index >= 15 is 0 Å². The fraction of sp³-hybridized carbons (Fsp3) is 0.200. The van der Waals surface area contributed by atoms with Gasteiger partial charge in [-0.05, 0) is 24.6 Å². The van der Waals surface area contributed by atoms with Gasteiger partial charge in [-0.15, -0.1) is 0 Å². The number of ether oxygens (including phenoxy) is 1. The molecule has 1 aromatic rings. The lowest BCUT2D eigenvalue weighted by Crippen LogP contribution is -1.99. The van der Waals surface area contributed by atoms with E-state index in [0.717, 1.165) is 5.56 Å². The van der Waals surface area contributed by atoms with Gasteiger partial charge in [-0.1, -0.05) is 12.1 Å². The summed E-state index contributed by atoms with van der Waals surface area (Å²) < 4.78 is 4.76. The molecule has 1 atom stereocenters. The molecule has 1 aromatic carbocycles. The van der Waals surface area contributed by atoms with Gasteiger partial charge in [0.25, 0.3) is 6.47 Å². The van der Waals surface area contributed by atoms with Crippen LogP contribution in [0, 0.1) is 0 Å². The molecule has 0 fully saturated rings. The molecule has 0 bridgehead atoms. The average Bonchev–Trinajstić information content (AvgIpc) is 2.20. The number of benzene rings is 1. The van der Waals surface area contributed by atoms with Gasteiger partial charge in [-0.25, -0.2) is 0 Å². The highest BCUT2D eigenvalue weighted by Gasteiger charge is 2.04. The van der Waals surface area contributed by atoms with E-state index in [1.54, 1.807) is 31.2 Å². The summed E-state index contributed by atoms with van der Waals surface area (Å²) in [5.74, 6) is 0. The number of nitrogens with one attached hydrogen (secondary N) is 1. The van der Waals surface area contributed by atoms with Crippen molar-refractivity contribution in [2.45, 2.75) is 13.0 Å². The van der Waals surface area contributed by atoms with Crippen molar-refractivity contribution >= 4 is 18.6 Å². The second-order valence-electron chi connectivity index (χ2n) is 2.76. The first kappa shape index (κ1) is 10.2. The Bertz CT molecular complexity index is 308. The van der Waals surface area contributed by atoms with E-state index in [-0.39, 0.29) is 6.10 Å². The fourth-order valence-corrected chi connectivity index (χ4v) is 1.08. The molecule has 74 valence electrons. The van der Waals surface area contributed by atoms with Gasteiger partial charge in [0.2, 0.25) is 6.41 Å². The molecule has 0 spiro atoms. The highest BCUT2D eigenvalue weighted by molar-refractivity contribution is 5.71. The molecule has 1 N–H and O–H groups in total. The highest BCUT2D eigenvalue weighted by atomic mass is 16.5. The zero-order chi connectivity index (χ0) is 10.4.